The summed E-state index contributed by atoms with van der Waals surface area (Å²) in [5.41, 5.74) is 1.90. The van der Waals surface area contributed by atoms with E-state index in [1.165, 1.54) is 0 Å². The topological polar surface area (TPSA) is 50.1 Å². The second-order valence-electron chi connectivity index (χ2n) is 4.85. The van der Waals surface area contributed by atoms with Crippen molar-refractivity contribution < 1.29 is 5.11 Å². The van der Waals surface area contributed by atoms with Gasteiger partial charge in [-0.25, -0.2) is 0 Å². The van der Waals surface area contributed by atoms with Gasteiger partial charge in [-0.1, -0.05) is 18.5 Å². The van der Waals surface area contributed by atoms with Gasteiger partial charge in [-0.15, -0.1) is 0 Å². The van der Waals surface area contributed by atoms with Crippen molar-refractivity contribution in [2.24, 2.45) is 0 Å². The van der Waals surface area contributed by atoms with Crippen molar-refractivity contribution in [2.45, 2.75) is 58.2 Å². The van der Waals surface area contributed by atoms with Crippen LogP contribution in [0.4, 0.5) is 0 Å². The Balaban J connectivity index is 2.14. The van der Waals surface area contributed by atoms with Crippen LogP contribution in [-0.4, -0.2) is 33.6 Å². The molecule has 1 aromatic heterocycles. The highest BCUT2D eigenvalue weighted by Gasteiger charge is 2.25. The lowest BCUT2D eigenvalue weighted by atomic mass is 10.0. The van der Waals surface area contributed by atoms with Crippen molar-refractivity contribution in [3.8, 4) is 0 Å². The van der Waals surface area contributed by atoms with Gasteiger partial charge in [0.2, 0.25) is 0 Å². The van der Waals surface area contributed by atoms with Gasteiger partial charge in [0.05, 0.1) is 22.5 Å². The first-order valence-electron chi connectivity index (χ1n) is 6.82. The molecule has 0 radical (unpaired) electrons. The molecule has 1 aliphatic heterocycles. The van der Waals surface area contributed by atoms with Crippen molar-refractivity contribution in [1.29, 1.82) is 0 Å². The van der Waals surface area contributed by atoms with E-state index < -0.39 is 0 Å². The lowest BCUT2D eigenvalue weighted by molar-refractivity contribution is 0.133. The van der Waals surface area contributed by atoms with E-state index in [0.29, 0.717) is 6.42 Å². The summed E-state index contributed by atoms with van der Waals surface area (Å²) in [5.74, 6) is 0. The van der Waals surface area contributed by atoms with Crippen molar-refractivity contribution in [2.75, 3.05) is 6.54 Å². The van der Waals surface area contributed by atoms with Gasteiger partial charge in [-0.05, 0) is 32.7 Å². The fourth-order valence-electron chi connectivity index (χ4n) is 2.59. The summed E-state index contributed by atoms with van der Waals surface area (Å²) in [6.07, 6.45) is 3.22. The van der Waals surface area contributed by atoms with Gasteiger partial charge in [0.25, 0.3) is 0 Å². The second kappa shape index (κ2) is 6.04. The van der Waals surface area contributed by atoms with E-state index in [9.17, 15) is 5.11 Å². The molecule has 2 heterocycles. The first kappa shape index (κ1) is 13.8. The highest BCUT2D eigenvalue weighted by atomic mass is 35.5. The van der Waals surface area contributed by atoms with Crippen molar-refractivity contribution >= 4 is 11.6 Å². The van der Waals surface area contributed by atoms with Gasteiger partial charge in [-0.2, -0.15) is 5.10 Å². The number of nitrogens with zero attached hydrogens (tertiary/aromatic N) is 2. The quantitative estimate of drug-likeness (QED) is 0.858. The van der Waals surface area contributed by atoms with E-state index in [1.54, 1.807) is 0 Å². The molecule has 2 rings (SSSR count). The largest absolute Gasteiger partial charge is 0.391 e. The van der Waals surface area contributed by atoms with Crippen LogP contribution in [0.15, 0.2) is 0 Å². The maximum atomic E-state index is 10.3. The zero-order valence-electron chi connectivity index (χ0n) is 11.1. The molecular weight excluding hydrogens is 250 g/mol. The van der Waals surface area contributed by atoms with Gasteiger partial charge in [-0.3, -0.25) is 4.68 Å². The van der Waals surface area contributed by atoms with Crippen molar-refractivity contribution in [3.63, 3.8) is 0 Å². The Morgan fingerprint density at radius 3 is 2.89 bits per heavy atom. The summed E-state index contributed by atoms with van der Waals surface area (Å²) < 4.78 is 1.92. The molecule has 1 fully saturated rings. The highest BCUT2D eigenvalue weighted by molar-refractivity contribution is 6.31. The molecule has 0 aromatic carbocycles. The van der Waals surface area contributed by atoms with E-state index in [2.05, 4.69) is 10.4 Å². The molecular formula is C13H22ClN3O. The van der Waals surface area contributed by atoms with Gasteiger partial charge >= 0.3 is 0 Å². The average molecular weight is 272 g/mol. The molecule has 1 aromatic rings. The summed E-state index contributed by atoms with van der Waals surface area (Å²) >= 11 is 6.34. The Bertz CT molecular complexity index is 399. The molecule has 1 aliphatic rings. The fourth-order valence-corrected chi connectivity index (χ4v) is 2.94. The van der Waals surface area contributed by atoms with Gasteiger partial charge in [0.1, 0.15) is 0 Å². The molecule has 2 atom stereocenters. The monoisotopic (exact) mass is 271 g/mol. The Hall–Kier alpha value is -0.580. The Morgan fingerprint density at radius 1 is 1.56 bits per heavy atom. The molecule has 1 saturated heterocycles. The van der Waals surface area contributed by atoms with Gasteiger partial charge in [0.15, 0.2) is 0 Å². The van der Waals surface area contributed by atoms with Crippen LogP contribution in [0.5, 0.6) is 0 Å². The standard InChI is InChI=1S/C13H22ClN3O/c1-3-9-13(14)11(17(4-2)16-9)8-12(18)10-6-5-7-15-10/h10,12,15,18H,3-8H2,1-2H3. The van der Waals surface area contributed by atoms with Crippen LogP contribution in [0.1, 0.15) is 38.1 Å². The zero-order valence-corrected chi connectivity index (χ0v) is 11.9. The molecule has 0 amide bonds. The van der Waals surface area contributed by atoms with E-state index in [-0.39, 0.29) is 12.1 Å². The maximum Gasteiger partial charge on any atom is 0.0850 e. The number of aliphatic hydroxyl groups excluding tert-OH is 1. The summed E-state index contributed by atoms with van der Waals surface area (Å²) in [6.45, 7) is 5.89. The lowest BCUT2D eigenvalue weighted by Gasteiger charge is -2.18. The van der Waals surface area contributed by atoms with E-state index in [0.717, 1.165) is 48.8 Å². The molecule has 102 valence electrons. The van der Waals surface area contributed by atoms with Crippen LogP contribution >= 0.6 is 11.6 Å². The molecule has 2 unspecified atom stereocenters. The van der Waals surface area contributed by atoms with Gasteiger partial charge < -0.3 is 10.4 Å². The third-order valence-electron chi connectivity index (χ3n) is 3.66. The predicted octanol–water partition coefficient (Wildman–Crippen LogP) is 1.77. The van der Waals surface area contributed by atoms with Crippen LogP contribution in [0.2, 0.25) is 5.02 Å². The van der Waals surface area contributed by atoms with E-state index >= 15 is 0 Å². The number of hydrogen-bond acceptors (Lipinski definition) is 3. The second-order valence-corrected chi connectivity index (χ2v) is 5.23. The number of halogens is 1. The van der Waals surface area contributed by atoms with Crippen LogP contribution in [0.3, 0.4) is 0 Å². The highest BCUT2D eigenvalue weighted by Crippen LogP contribution is 2.24. The average Bonchev–Trinajstić information content (AvgIpc) is 2.99. The van der Waals surface area contributed by atoms with Crippen LogP contribution in [0, 0.1) is 0 Å². The summed E-state index contributed by atoms with van der Waals surface area (Å²) in [5, 5.41) is 18.8. The Morgan fingerprint density at radius 2 is 2.33 bits per heavy atom. The molecule has 18 heavy (non-hydrogen) atoms. The predicted molar refractivity (Wildman–Crippen MR) is 73.0 cm³/mol. The summed E-state index contributed by atoms with van der Waals surface area (Å²) in [7, 11) is 0. The maximum absolute atomic E-state index is 10.3. The SMILES string of the molecule is CCc1nn(CC)c(CC(O)C2CCCN2)c1Cl. The molecule has 2 N–H and O–H groups in total. The van der Waals surface area contributed by atoms with Crippen LogP contribution in [0.25, 0.3) is 0 Å². The van der Waals surface area contributed by atoms with Crippen molar-refractivity contribution in [1.82, 2.24) is 15.1 Å². The molecule has 0 spiro atoms. The van der Waals surface area contributed by atoms with Crippen LogP contribution in [-0.2, 0) is 19.4 Å². The molecule has 5 heteroatoms. The molecule has 0 aliphatic carbocycles. The lowest BCUT2D eigenvalue weighted by Crippen LogP contribution is -2.36. The van der Waals surface area contributed by atoms with Crippen LogP contribution < -0.4 is 5.32 Å². The number of aliphatic hydroxyl groups is 1. The third kappa shape index (κ3) is 2.71. The number of hydrogen-bond donors (Lipinski definition) is 2. The van der Waals surface area contributed by atoms with E-state index in [1.807, 2.05) is 18.5 Å². The minimum absolute atomic E-state index is 0.200. The number of nitrogens with one attached hydrogen (secondary N) is 1. The van der Waals surface area contributed by atoms with Crippen molar-refractivity contribution in [3.05, 3.63) is 16.4 Å². The number of aromatic nitrogens is 2. The number of aryl methyl sites for hydroxylation is 2. The minimum atomic E-state index is -0.378. The first-order chi connectivity index (χ1) is 8.67. The number of rotatable bonds is 5. The Labute approximate surface area is 113 Å². The molecule has 0 saturated carbocycles. The fraction of sp³-hybridized carbons (Fsp3) is 0.769. The van der Waals surface area contributed by atoms with E-state index in [4.69, 9.17) is 11.6 Å². The summed E-state index contributed by atoms with van der Waals surface area (Å²) in [4.78, 5) is 0. The molecule has 4 nitrogen and oxygen atoms in total. The smallest absolute Gasteiger partial charge is 0.0850 e. The van der Waals surface area contributed by atoms with Gasteiger partial charge in [0, 0.05) is 19.0 Å². The third-order valence-corrected chi connectivity index (χ3v) is 4.10. The molecule has 0 bridgehead atoms. The minimum Gasteiger partial charge on any atom is -0.391 e. The zero-order chi connectivity index (χ0) is 13.1. The normalized spacial score (nSPS) is 21.4. The summed E-state index contributed by atoms with van der Waals surface area (Å²) in [6, 6.07) is 0.200. The first-order valence-corrected chi connectivity index (χ1v) is 7.20. The Kier molecular flexibility index (Phi) is 4.65.